The van der Waals surface area contributed by atoms with Crippen LogP contribution in [0.2, 0.25) is 0 Å². The first kappa shape index (κ1) is 20.2. The second kappa shape index (κ2) is 5.71. The molecule has 0 heterocycles. The van der Waals surface area contributed by atoms with E-state index in [-0.39, 0.29) is 11.6 Å². The van der Waals surface area contributed by atoms with E-state index in [9.17, 15) is 48.7 Å². The number of hydrogen-bond donors (Lipinski definition) is 0. The summed E-state index contributed by atoms with van der Waals surface area (Å²) in [7, 11) is 0. The average molecular weight is 394 g/mol. The molecule has 1 aromatic rings. The van der Waals surface area contributed by atoms with Gasteiger partial charge in [0.05, 0.1) is 6.42 Å². The van der Waals surface area contributed by atoms with Gasteiger partial charge in [-0.2, -0.15) is 35.1 Å². The number of hydrogen-bond acceptors (Lipinski definition) is 1. The molecule has 0 aromatic heterocycles. The van der Waals surface area contributed by atoms with Crippen LogP contribution in [-0.4, -0.2) is 35.1 Å². The Hall–Kier alpha value is -2.07. The lowest BCUT2D eigenvalue weighted by atomic mass is 9.73. The molecular weight excluding hydrogens is 386 g/mol. The van der Waals surface area contributed by atoms with Crippen molar-refractivity contribution in [3.05, 3.63) is 41.7 Å². The van der Waals surface area contributed by atoms with Gasteiger partial charge in [0.15, 0.2) is 5.83 Å². The van der Waals surface area contributed by atoms with Crippen LogP contribution >= 0.6 is 0 Å². The summed E-state index contributed by atoms with van der Waals surface area (Å²) < 4.78 is 135. The summed E-state index contributed by atoms with van der Waals surface area (Å²) in [6, 6.07) is 6.13. The van der Waals surface area contributed by atoms with Gasteiger partial charge in [0.25, 0.3) is 5.67 Å². The Morgan fingerprint density at radius 2 is 1.31 bits per heavy atom. The molecule has 1 saturated carbocycles. The van der Waals surface area contributed by atoms with Crippen molar-refractivity contribution in [2.45, 2.75) is 35.8 Å². The molecule has 1 fully saturated rings. The van der Waals surface area contributed by atoms with Crippen molar-refractivity contribution < 1.29 is 48.7 Å². The number of carbonyl (C=O) groups is 1. The minimum atomic E-state index is -6.95. The standard InChI is InChI=1S/C15H8F10O/c16-9(6-8-4-2-1-3-5-8)10(26)11(17)7-12(18,19)14(22,23)15(24,25)13(11,20)21/h1-6H,7H2. The van der Waals surface area contributed by atoms with Crippen molar-refractivity contribution in [2.75, 3.05) is 0 Å². The number of carbonyl (C=O) groups excluding carboxylic acids is 1. The van der Waals surface area contributed by atoms with E-state index in [0.717, 1.165) is 12.1 Å². The van der Waals surface area contributed by atoms with Crippen molar-refractivity contribution in [2.24, 2.45) is 0 Å². The summed E-state index contributed by atoms with van der Waals surface area (Å²) >= 11 is 0. The minimum absolute atomic E-state index is 0.128. The number of halogens is 10. The lowest BCUT2D eigenvalue weighted by Gasteiger charge is -2.47. The topological polar surface area (TPSA) is 17.1 Å². The zero-order chi connectivity index (χ0) is 20.2. The maximum atomic E-state index is 14.4. The Kier molecular flexibility index (Phi) is 4.45. The number of rotatable bonds is 3. The van der Waals surface area contributed by atoms with E-state index in [4.69, 9.17) is 0 Å². The van der Waals surface area contributed by atoms with Crippen molar-refractivity contribution in [3.63, 3.8) is 0 Å². The summed E-state index contributed by atoms with van der Waals surface area (Å²) in [6.07, 6.45) is -3.19. The molecule has 2 rings (SSSR count). The molecule has 0 spiro atoms. The molecule has 1 nitrogen and oxygen atoms in total. The SMILES string of the molecule is O=C(C(F)=Cc1ccccc1)C1(F)CC(F)(F)C(F)(F)C(F)(F)C1(F)F. The molecule has 1 unspecified atom stereocenters. The van der Waals surface area contributed by atoms with Gasteiger partial charge >= 0.3 is 23.7 Å². The summed E-state index contributed by atoms with van der Waals surface area (Å²) in [6.45, 7) is 0. The fraction of sp³-hybridized carbons (Fsp3) is 0.400. The van der Waals surface area contributed by atoms with Gasteiger partial charge in [-0.05, 0) is 11.6 Å². The average Bonchev–Trinajstić information content (AvgIpc) is 2.52. The molecule has 1 aromatic carbocycles. The highest BCUT2D eigenvalue weighted by atomic mass is 19.4. The molecule has 0 saturated heterocycles. The van der Waals surface area contributed by atoms with Gasteiger partial charge in [-0.25, -0.2) is 8.78 Å². The third-order valence-electron chi connectivity index (χ3n) is 3.88. The zero-order valence-corrected chi connectivity index (χ0v) is 12.4. The number of ketones is 1. The van der Waals surface area contributed by atoms with Gasteiger partial charge in [-0.3, -0.25) is 4.79 Å². The first-order valence-corrected chi connectivity index (χ1v) is 6.79. The van der Waals surface area contributed by atoms with Gasteiger partial charge in [0.2, 0.25) is 5.78 Å². The van der Waals surface area contributed by atoms with Gasteiger partial charge in [-0.15, -0.1) is 0 Å². The molecule has 26 heavy (non-hydrogen) atoms. The molecule has 0 bridgehead atoms. The van der Waals surface area contributed by atoms with E-state index in [1.807, 2.05) is 0 Å². The molecule has 144 valence electrons. The molecule has 1 atom stereocenters. The van der Waals surface area contributed by atoms with Crippen LogP contribution in [0.5, 0.6) is 0 Å². The Morgan fingerprint density at radius 3 is 1.81 bits per heavy atom. The van der Waals surface area contributed by atoms with Gasteiger partial charge in [0.1, 0.15) is 0 Å². The van der Waals surface area contributed by atoms with Crippen molar-refractivity contribution in [1.82, 2.24) is 0 Å². The quantitative estimate of drug-likeness (QED) is 0.508. The Labute approximate surface area is 139 Å². The van der Waals surface area contributed by atoms with E-state index in [2.05, 4.69) is 0 Å². The van der Waals surface area contributed by atoms with Crippen molar-refractivity contribution in [3.8, 4) is 0 Å². The van der Waals surface area contributed by atoms with E-state index in [1.165, 1.54) is 18.2 Å². The lowest BCUT2D eigenvalue weighted by molar-refractivity contribution is -0.417. The molecule has 11 heteroatoms. The number of Topliss-reactive ketones (excluding diaryl/α,β-unsaturated/α-hetero) is 1. The van der Waals surface area contributed by atoms with Crippen molar-refractivity contribution in [1.29, 1.82) is 0 Å². The van der Waals surface area contributed by atoms with E-state index < -0.39 is 47.4 Å². The van der Waals surface area contributed by atoms with Crippen LogP contribution in [0.25, 0.3) is 6.08 Å². The predicted octanol–water partition coefficient (Wildman–Crippen LogP) is 5.22. The maximum Gasteiger partial charge on any atom is 0.382 e. The van der Waals surface area contributed by atoms with E-state index >= 15 is 0 Å². The number of benzene rings is 1. The molecule has 1 aliphatic carbocycles. The van der Waals surface area contributed by atoms with Gasteiger partial charge < -0.3 is 0 Å². The van der Waals surface area contributed by atoms with E-state index in [0.29, 0.717) is 0 Å². The molecule has 0 radical (unpaired) electrons. The smallest absolute Gasteiger partial charge is 0.288 e. The van der Waals surface area contributed by atoms with Crippen LogP contribution in [0, 0.1) is 0 Å². The second-order valence-corrected chi connectivity index (χ2v) is 5.64. The van der Waals surface area contributed by atoms with Crippen molar-refractivity contribution >= 4 is 11.9 Å². The highest BCUT2D eigenvalue weighted by molar-refractivity contribution is 6.04. The highest BCUT2D eigenvalue weighted by Gasteiger charge is 2.92. The van der Waals surface area contributed by atoms with Crippen LogP contribution in [0.3, 0.4) is 0 Å². The summed E-state index contributed by atoms with van der Waals surface area (Å²) in [5.41, 5.74) is -5.80. The molecule has 1 aliphatic rings. The Balaban J connectivity index is 2.56. The van der Waals surface area contributed by atoms with Crippen LogP contribution in [0.15, 0.2) is 36.2 Å². The largest absolute Gasteiger partial charge is 0.382 e. The van der Waals surface area contributed by atoms with Crippen LogP contribution in [0.1, 0.15) is 12.0 Å². The summed E-state index contributed by atoms with van der Waals surface area (Å²) in [5, 5.41) is 0. The molecule has 0 amide bonds. The zero-order valence-electron chi connectivity index (χ0n) is 12.4. The fourth-order valence-electron chi connectivity index (χ4n) is 2.38. The van der Waals surface area contributed by atoms with Gasteiger partial charge in [0, 0.05) is 0 Å². The van der Waals surface area contributed by atoms with Crippen LogP contribution in [0.4, 0.5) is 43.9 Å². The first-order chi connectivity index (χ1) is 11.6. The fourth-order valence-corrected chi connectivity index (χ4v) is 2.38. The van der Waals surface area contributed by atoms with Gasteiger partial charge in [-0.1, -0.05) is 30.3 Å². The normalized spacial score (nSPS) is 29.2. The Bertz CT molecular complexity index is 740. The lowest BCUT2D eigenvalue weighted by Crippen LogP contribution is -2.76. The van der Waals surface area contributed by atoms with Crippen LogP contribution < -0.4 is 0 Å². The van der Waals surface area contributed by atoms with E-state index in [1.54, 1.807) is 0 Å². The summed E-state index contributed by atoms with van der Waals surface area (Å²) in [4.78, 5) is 11.6. The minimum Gasteiger partial charge on any atom is -0.288 e. The Morgan fingerprint density at radius 1 is 0.808 bits per heavy atom. The predicted molar refractivity (Wildman–Crippen MR) is 68.8 cm³/mol. The highest BCUT2D eigenvalue weighted by Crippen LogP contribution is 2.64. The molecule has 0 N–H and O–H groups in total. The molecular formula is C15H8F10O. The molecule has 0 aliphatic heterocycles. The number of allylic oxidation sites excluding steroid dienone is 1. The first-order valence-electron chi connectivity index (χ1n) is 6.79. The van der Waals surface area contributed by atoms with Crippen LogP contribution in [-0.2, 0) is 4.79 Å². The third kappa shape index (κ3) is 2.50. The second-order valence-electron chi connectivity index (χ2n) is 5.64. The number of alkyl halides is 9. The maximum absolute atomic E-state index is 14.4. The summed E-state index contributed by atoms with van der Waals surface area (Å²) in [5.74, 6) is -31.7. The third-order valence-corrected chi connectivity index (χ3v) is 3.88. The monoisotopic (exact) mass is 394 g/mol.